The average Bonchev–Trinajstić information content (AvgIpc) is 2.35. The normalized spacial score (nSPS) is 13.9. The Labute approximate surface area is 98.8 Å². The average molecular weight is 241 g/mol. The number of pyridine rings is 1. The SMILES string of the molecule is COC(=O)C(O)C(O)c1cnc(OC)cc1C. The minimum Gasteiger partial charge on any atom is -0.481 e. The molecule has 0 aliphatic rings. The molecule has 0 amide bonds. The first-order valence-corrected chi connectivity index (χ1v) is 4.95. The zero-order chi connectivity index (χ0) is 13.0. The molecule has 0 saturated carbocycles. The number of aliphatic hydroxyl groups is 2. The van der Waals surface area contributed by atoms with E-state index in [4.69, 9.17) is 4.74 Å². The van der Waals surface area contributed by atoms with Crippen molar-refractivity contribution in [3.8, 4) is 5.88 Å². The first kappa shape index (κ1) is 13.4. The molecule has 1 heterocycles. The number of hydrogen-bond donors (Lipinski definition) is 2. The highest BCUT2D eigenvalue weighted by Gasteiger charge is 2.27. The van der Waals surface area contributed by atoms with E-state index in [1.807, 2.05) is 0 Å². The fourth-order valence-corrected chi connectivity index (χ4v) is 1.38. The molecule has 2 atom stereocenters. The largest absolute Gasteiger partial charge is 0.481 e. The van der Waals surface area contributed by atoms with Gasteiger partial charge in [-0.2, -0.15) is 0 Å². The summed E-state index contributed by atoms with van der Waals surface area (Å²) in [6, 6.07) is 1.60. The molecule has 2 unspecified atom stereocenters. The van der Waals surface area contributed by atoms with E-state index in [1.165, 1.54) is 13.3 Å². The van der Waals surface area contributed by atoms with Crippen LogP contribution in [0, 0.1) is 6.92 Å². The molecule has 0 spiro atoms. The molecule has 0 bridgehead atoms. The quantitative estimate of drug-likeness (QED) is 0.719. The van der Waals surface area contributed by atoms with Gasteiger partial charge in [-0.25, -0.2) is 9.78 Å². The number of carbonyl (C=O) groups is 1. The van der Waals surface area contributed by atoms with Crippen LogP contribution >= 0.6 is 0 Å². The van der Waals surface area contributed by atoms with Gasteiger partial charge in [0.25, 0.3) is 0 Å². The molecule has 17 heavy (non-hydrogen) atoms. The topological polar surface area (TPSA) is 88.9 Å². The van der Waals surface area contributed by atoms with Crippen molar-refractivity contribution in [1.82, 2.24) is 4.98 Å². The number of methoxy groups -OCH3 is 2. The molecule has 0 aliphatic heterocycles. The van der Waals surface area contributed by atoms with Gasteiger partial charge in [0.2, 0.25) is 5.88 Å². The number of aliphatic hydroxyl groups excluding tert-OH is 2. The summed E-state index contributed by atoms with van der Waals surface area (Å²) in [6.07, 6.45) is -1.65. The standard InChI is InChI=1S/C11H15NO5/c1-6-4-8(16-2)12-5-7(6)9(13)10(14)11(15)17-3/h4-5,9-10,13-14H,1-3H3. The summed E-state index contributed by atoms with van der Waals surface area (Å²) < 4.78 is 9.26. The van der Waals surface area contributed by atoms with Crippen LogP contribution in [-0.2, 0) is 9.53 Å². The van der Waals surface area contributed by atoms with Crippen LogP contribution in [0.15, 0.2) is 12.3 Å². The van der Waals surface area contributed by atoms with Gasteiger partial charge in [0.1, 0.15) is 6.10 Å². The number of ether oxygens (including phenoxy) is 2. The van der Waals surface area contributed by atoms with Crippen molar-refractivity contribution < 1.29 is 24.5 Å². The van der Waals surface area contributed by atoms with Crippen LogP contribution in [0.5, 0.6) is 5.88 Å². The number of nitrogens with zero attached hydrogens (tertiary/aromatic N) is 1. The first-order chi connectivity index (χ1) is 8.01. The number of rotatable bonds is 4. The van der Waals surface area contributed by atoms with Gasteiger partial charge in [-0.1, -0.05) is 0 Å². The Bertz CT molecular complexity index is 407. The van der Waals surface area contributed by atoms with Crippen LogP contribution in [0.2, 0.25) is 0 Å². The van der Waals surface area contributed by atoms with Gasteiger partial charge in [0.15, 0.2) is 6.10 Å². The second-order valence-electron chi connectivity index (χ2n) is 3.50. The molecule has 0 radical (unpaired) electrons. The summed E-state index contributed by atoms with van der Waals surface area (Å²) in [6.45, 7) is 1.72. The molecule has 6 heteroatoms. The van der Waals surface area contributed by atoms with Crippen molar-refractivity contribution >= 4 is 5.97 Å². The van der Waals surface area contributed by atoms with Crippen molar-refractivity contribution in [2.75, 3.05) is 14.2 Å². The summed E-state index contributed by atoms with van der Waals surface area (Å²) in [5.41, 5.74) is 1.01. The summed E-state index contributed by atoms with van der Waals surface area (Å²) in [7, 11) is 2.61. The Morgan fingerprint density at radius 3 is 2.53 bits per heavy atom. The van der Waals surface area contributed by atoms with Crippen molar-refractivity contribution in [2.24, 2.45) is 0 Å². The highest BCUT2D eigenvalue weighted by molar-refractivity contribution is 5.75. The molecule has 1 rings (SSSR count). The zero-order valence-corrected chi connectivity index (χ0v) is 9.88. The monoisotopic (exact) mass is 241 g/mol. The molecule has 0 fully saturated rings. The summed E-state index contributed by atoms with van der Waals surface area (Å²) in [5, 5.41) is 19.3. The number of carbonyl (C=O) groups excluding carboxylic acids is 1. The van der Waals surface area contributed by atoms with Gasteiger partial charge in [-0.3, -0.25) is 0 Å². The Balaban J connectivity index is 2.96. The van der Waals surface area contributed by atoms with E-state index >= 15 is 0 Å². The lowest BCUT2D eigenvalue weighted by Gasteiger charge is -2.17. The minimum absolute atomic E-state index is 0.351. The van der Waals surface area contributed by atoms with Crippen molar-refractivity contribution in [2.45, 2.75) is 19.1 Å². The Morgan fingerprint density at radius 1 is 1.41 bits per heavy atom. The third-order valence-electron chi connectivity index (χ3n) is 2.40. The lowest BCUT2D eigenvalue weighted by Crippen LogP contribution is -2.29. The maximum Gasteiger partial charge on any atom is 0.337 e. The summed E-state index contributed by atoms with van der Waals surface area (Å²) in [4.78, 5) is 15.0. The van der Waals surface area contributed by atoms with E-state index in [1.54, 1.807) is 13.0 Å². The second kappa shape index (κ2) is 5.60. The third kappa shape index (κ3) is 2.92. The molecular weight excluding hydrogens is 226 g/mol. The predicted molar refractivity (Wildman–Crippen MR) is 58.5 cm³/mol. The van der Waals surface area contributed by atoms with Gasteiger partial charge >= 0.3 is 5.97 Å². The van der Waals surface area contributed by atoms with Crippen LogP contribution < -0.4 is 4.74 Å². The molecule has 0 aliphatic carbocycles. The van der Waals surface area contributed by atoms with Crippen molar-refractivity contribution in [1.29, 1.82) is 0 Å². The van der Waals surface area contributed by atoms with E-state index in [2.05, 4.69) is 9.72 Å². The molecular formula is C11H15NO5. The second-order valence-corrected chi connectivity index (χ2v) is 3.50. The first-order valence-electron chi connectivity index (χ1n) is 4.95. The van der Waals surface area contributed by atoms with Crippen molar-refractivity contribution in [3.05, 3.63) is 23.4 Å². The van der Waals surface area contributed by atoms with E-state index in [-0.39, 0.29) is 0 Å². The van der Waals surface area contributed by atoms with Crippen LogP contribution in [0.3, 0.4) is 0 Å². The van der Waals surface area contributed by atoms with E-state index in [9.17, 15) is 15.0 Å². The summed E-state index contributed by atoms with van der Waals surface area (Å²) >= 11 is 0. The number of esters is 1. The van der Waals surface area contributed by atoms with E-state index in [0.29, 0.717) is 17.0 Å². The zero-order valence-electron chi connectivity index (χ0n) is 9.88. The highest BCUT2D eigenvalue weighted by atomic mass is 16.5. The van der Waals surface area contributed by atoms with Crippen LogP contribution in [0.1, 0.15) is 17.2 Å². The fourth-order valence-electron chi connectivity index (χ4n) is 1.38. The third-order valence-corrected chi connectivity index (χ3v) is 2.40. The molecule has 1 aromatic heterocycles. The maximum absolute atomic E-state index is 11.1. The lowest BCUT2D eigenvalue weighted by atomic mass is 10.0. The van der Waals surface area contributed by atoms with Crippen LogP contribution in [0.25, 0.3) is 0 Å². The van der Waals surface area contributed by atoms with Gasteiger partial charge in [0, 0.05) is 17.8 Å². The van der Waals surface area contributed by atoms with Crippen LogP contribution in [0.4, 0.5) is 0 Å². The van der Waals surface area contributed by atoms with E-state index < -0.39 is 18.2 Å². The molecule has 94 valence electrons. The minimum atomic E-state index is -1.63. The highest BCUT2D eigenvalue weighted by Crippen LogP contribution is 2.23. The molecule has 0 aromatic carbocycles. The lowest BCUT2D eigenvalue weighted by molar-refractivity contribution is -0.156. The van der Waals surface area contributed by atoms with Gasteiger partial charge in [-0.05, 0) is 12.5 Å². The molecule has 6 nitrogen and oxygen atoms in total. The number of aromatic nitrogens is 1. The summed E-state index contributed by atoms with van der Waals surface area (Å²) in [5.74, 6) is -0.501. The van der Waals surface area contributed by atoms with E-state index in [0.717, 1.165) is 7.11 Å². The number of hydrogen-bond acceptors (Lipinski definition) is 6. The smallest absolute Gasteiger partial charge is 0.337 e. The van der Waals surface area contributed by atoms with Gasteiger partial charge in [-0.15, -0.1) is 0 Å². The van der Waals surface area contributed by atoms with Crippen molar-refractivity contribution in [3.63, 3.8) is 0 Å². The maximum atomic E-state index is 11.1. The Kier molecular flexibility index (Phi) is 4.42. The Hall–Kier alpha value is -1.66. The van der Waals surface area contributed by atoms with Gasteiger partial charge in [0.05, 0.1) is 14.2 Å². The molecule has 1 aromatic rings. The number of aryl methyl sites for hydroxylation is 1. The van der Waals surface area contributed by atoms with Crippen LogP contribution in [-0.4, -0.2) is 41.5 Å². The molecule has 0 saturated heterocycles. The fraction of sp³-hybridized carbons (Fsp3) is 0.455. The predicted octanol–water partition coefficient (Wildman–Crippen LogP) is -0.0341. The molecule has 2 N–H and O–H groups in total. The van der Waals surface area contributed by atoms with Gasteiger partial charge < -0.3 is 19.7 Å². The Morgan fingerprint density at radius 2 is 2.06 bits per heavy atom.